The second-order valence-electron chi connectivity index (χ2n) is 5.98. The molecule has 0 aromatic heterocycles. The van der Waals surface area contributed by atoms with Gasteiger partial charge in [-0.05, 0) is 39.2 Å². The monoisotopic (exact) mass is 274 g/mol. The SMILES string of the molecule is CC(NC(=O)C(C)(C)C(=O)NC1CC1)c1ccccc1. The molecule has 20 heavy (non-hydrogen) atoms. The summed E-state index contributed by atoms with van der Waals surface area (Å²) in [6.45, 7) is 5.25. The van der Waals surface area contributed by atoms with Gasteiger partial charge in [-0.25, -0.2) is 0 Å². The molecular formula is C16H22N2O2. The van der Waals surface area contributed by atoms with Crippen molar-refractivity contribution in [1.29, 1.82) is 0 Å². The van der Waals surface area contributed by atoms with E-state index in [9.17, 15) is 9.59 Å². The third-order valence-corrected chi connectivity index (χ3v) is 3.70. The van der Waals surface area contributed by atoms with E-state index in [1.165, 1.54) is 0 Å². The fraction of sp³-hybridized carbons (Fsp3) is 0.500. The topological polar surface area (TPSA) is 58.2 Å². The number of hydrogen-bond donors (Lipinski definition) is 2. The van der Waals surface area contributed by atoms with E-state index in [-0.39, 0.29) is 23.9 Å². The van der Waals surface area contributed by atoms with Crippen molar-refractivity contribution in [2.45, 2.75) is 45.7 Å². The van der Waals surface area contributed by atoms with Gasteiger partial charge in [0.2, 0.25) is 11.8 Å². The number of carbonyl (C=O) groups excluding carboxylic acids is 2. The van der Waals surface area contributed by atoms with Gasteiger partial charge in [-0.15, -0.1) is 0 Å². The fourth-order valence-electron chi connectivity index (χ4n) is 1.90. The summed E-state index contributed by atoms with van der Waals surface area (Å²) in [5.41, 5.74) is -0.0229. The van der Waals surface area contributed by atoms with Crippen LogP contribution in [0.25, 0.3) is 0 Å². The molecule has 0 spiro atoms. The average Bonchev–Trinajstić information content (AvgIpc) is 3.23. The maximum Gasteiger partial charge on any atom is 0.235 e. The van der Waals surface area contributed by atoms with Crippen LogP contribution in [0.3, 0.4) is 0 Å². The molecule has 0 saturated heterocycles. The molecule has 1 fully saturated rings. The highest BCUT2D eigenvalue weighted by Crippen LogP contribution is 2.24. The highest BCUT2D eigenvalue weighted by molar-refractivity contribution is 6.04. The molecule has 0 heterocycles. The van der Waals surface area contributed by atoms with Gasteiger partial charge >= 0.3 is 0 Å². The quantitative estimate of drug-likeness (QED) is 0.808. The number of nitrogens with one attached hydrogen (secondary N) is 2. The van der Waals surface area contributed by atoms with Crippen LogP contribution in [0.1, 0.15) is 45.2 Å². The van der Waals surface area contributed by atoms with Crippen LogP contribution in [0, 0.1) is 5.41 Å². The molecule has 1 unspecified atom stereocenters. The van der Waals surface area contributed by atoms with Crippen molar-refractivity contribution in [3.8, 4) is 0 Å². The number of rotatable bonds is 5. The minimum atomic E-state index is -1.05. The molecule has 1 atom stereocenters. The first-order valence-corrected chi connectivity index (χ1v) is 7.08. The predicted octanol–water partition coefficient (Wildman–Crippen LogP) is 2.17. The van der Waals surface area contributed by atoms with E-state index < -0.39 is 5.41 Å². The summed E-state index contributed by atoms with van der Waals surface area (Å²) < 4.78 is 0. The van der Waals surface area contributed by atoms with Crippen molar-refractivity contribution >= 4 is 11.8 Å². The van der Waals surface area contributed by atoms with Crippen LogP contribution in [-0.4, -0.2) is 17.9 Å². The Balaban J connectivity index is 1.97. The Labute approximate surface area is 119 Å². The van der Waals surface area contributed by atoms with Crippen molar-refractivity contribution in [3.05, 3.63) is 35.9 Å². The summed E-state index contributed by atoms with van der Waals surface area (Å²) in [6, 6.07) is 9.87. The molecule has 0 radical (unpaired) electrons. The van der Waals surface area contributed by atoms with Gasteiger partial charge in [0.1, 0.15) is 5.41 Å². The summed E-state index contributed by atoms with van der Waals surface area (Å²) >= 11 is 0. The van der Waals surface area contributed by atoms with E-state index in [1.807, 2.05) is 37.3 Å². The second-order valence-corrected chi connectivity index (χ2v) is 5.98. The molecule has 1 aromatic carbocycles. The van der Waals surface area contributed by atoms with Crippen LogP contribution in [0.4, 0.5) is 0 Å². The van der Waals surface area contributed by atoms with E-state index in [0.29, 0.717) is 0 Å². The third-order valence-electron chi connectivity index (χ3n) is 3.70. The number of benzene rings is 1. The molecule has 1 aliphatic carbocycles. The minimum absolute atomic E-state index is 0.114. The van der Waals surface area contributed by atoms with Crippen molar-refractivity contribution < 1.29 is 9.59 Å². The zero-order valence-corrected chi connectivity index (χ0v) is 12.3. The lowest BCUT2D eigenvalue weighted by Gasteiger charge is -2.25. The molecule has 4 nitrogen and oxygen atoms in total. The van der Waals surface area contributed by atoms with Gasteiger partial charge < -0.3 is 10.6 Å². The first-order valence-electron chi connectivity index (χ1n) is 7.08. The van der Waals surface area contributed by atoms with E-state index in [4.69, 9.17) is 0 Å². The lowest BCUT2D eigenvalue weighted by Crippen LogP contribution is -2.48. The molecule has 0 bridgehead atoms. The Bertz CT molecular complexity index is 492. The number of carbonyl (C=O) groups is 2. The van der Waals surface area contributed by atoms with Gasteiger partial charge in [0.15, 0.2) is 0 Å². The summed E-state index contributed by atoms with van der Waals surface area (Å²) in [7, 11) is 0. The lowest BCUT2D eigenvalue weighted by molar-refractivity contribution is -0.141. The maximum atomic E-state index is 12.3. The van der Waals surface area contributed by atoms with E-state index >= 15 is 0 Å². The van der Waals surface area contributed by atoms with Crippen LogP contribution in [0.5, 0.6) is 0 Å². The first kappa shape index (κ1) is 14.6. The standard InChI is InChI=1S/C16H22N2O2/c1-11(12-7-5-4-6-8-12)17-14(19)16(2,3)15(20)18-13-9-10-13/h4-8,11,13H,9-10H2,1-3H3,(H,17,19)(H,18,20). The van der Waals surface area contributed by atoms with Gasteiger partial charge in [0.25, 0.3) is 0 Å². The molecule has 2 N–H and O–H groups in total. The fourth-order valence-corrected chi connectivity index (χ4v) is 1.90. The Morgan fingerprint density at radius 3 is 2.30 bits per heavy atom. The summed E-state index contributed by atoms with van der Waals surface area (Å²) in [4.78, 5) is 24.4. The molecule has 2 amide bonds. The van der Waals surface area contributed by atoms with Gasteiger partial charge in [0.05, 0.1) is 6.04 Å². The van der Waals surface area contributed by atoms with Gasteiger partial charge in [0, 0.05) is 6.04 Å². The highest BCUT2D eigenvalue weighted by Gasteiger charge is 2.39. The lowest BCUT2D eigenvalue weighted by atomic mass is 9.90. The molecule has 108 valence electrons. The van der Waals surface area contributed by atoms with Crippen molar-refractivity contribution in [2.75, 3.05) is 0 Å². The average molecular weight is 274 g/mol. The zero-order valence-electron chi connectivity index (χ0n) is 12.3. The summed E-state index contributed by atoms with van der Waals surface area (Å²) in [6.07, 6.45) is 2.04. The molecule has 2 rings (SSSR count). The van der Waals surface area contributed by atoms with Crippen molar-refractivity contribution in [1.82, 2.24) is 10.6 Å². The number of hydrogen-bond acceptors (Lipinski definition) is 2. The van der Waals surface area contributed by atoms with Crippen LogP contribution in [0.2, 0.25) is 0 Å². The zero-order chi connectivity index (χ0) is 14.8. The Morgan fingerprint density at radius 1 is 1.15 bits per heavy atom. The Hall–Kier alpha value is -1.84. The predicted molar refractivity (Wildman–Crippen MR) is 77.9 cm³/mol. The van der Waals surface area contributed by atoms with Gasteiger partial charge in [-0.1, -0.05) is 30.3 Å². The molecule has 4 heteroatoms. The normalized spacial score (nSPS) is 16.4. The molecule has 1 aromatic rings. The summed E-state index contributed by atoms with van der Waals surface area (Å²) in [5.74, 6) is -0.440. The number of amides is 2. The maximum absolute atomic E-state index is 12.3. The Kier molecular flexibility index (Phi) is 4.12. The van der Waals surface area contributed by atoms with E-state index in [1.54, 1.807) is 13.8 Å². The van der Waals surface area contributed by atoms with Crippen LogP contribution in [0.15, 0.2) is 30.3 Å². The second kappa shape index (κ2) is 5.65. The first-order chi connectivity index (χ1) is 9.41. The Morgan fingerprint density at radius 2 is 1.75 bits per heavy atom. The highest BCUT2D eigenvalue weighted by atomic mass is 16.2. The van der Waals surface area contributed by atoms with Crippen molar-refractivity contribution in [3.63, 3.8) is 0 Å². The van der Waals surface area contributed by atoms with Crippen LogP contribution in [-0.2, 0) is 9.59 Å². The molecular weight excluding hydrogens is 252 g/mol. The van der Waals surface area contributed by atoms with Gasteiger partial charge in [-0.3, -0.25) is 9.59 Å². The van der Waals surface area contributed by atoms with E-state index in [2.05, 4.69) is 10.6 Å². The third kappa shape index (κ3) is 3.38. The molecule has 1 aliphatic rings. The minimum Gasteiger partial charge on any atom is -0.352 e. The molecule has 0 aliphatic heterocycles. The van der Waals surface area contributed by atoms with Gasteiger partial charge in [-0.2, -0.15) is 0 Å². The summed E-state index contributed by atoms with van der Waals surface area (Å²) in [5, 5.41) is 5.80. The molecule has 1 saturated carbocycles. The largest absolute Gasteiger partial charge is 0.352 e. The van der Waals surface area contributed by atoms with Crippen molar-refractivity contribution in [2.24, 2.45) is 5.41 Å². The van der Waals surface area contributed by atoms with Crippen LogP contribution >= 0.6 is 0 Å². The van der Waals surface area contributed by atoms with E-state index in [0.717, 1.165) is 18.4 Å². The van der Waals surface area contributed by atoms with Crippen LogP contribution < -0.4 is 10.6 Å². The smallest absolute Gasteiger partial charge is 0.235 e.